The van der Waals surface area contributed by atoms with Crippen LogP contribution >= 0.6 is 0 Å². The highest BCUT2D eigenvalue weighted by Gasteiger charge is 2.22. The van der Waals surface area contributed by atoms with Gasteiger partial charge in [-0.25, -0.2) is 0 Å². The fourth-order valence-electron chi connectivity index (χ4n) is 7.53. The lowest BCUT2D eigenvalue weighted by Gasteiger charge is -2.17. The van der Waals surface area contributed by atoms with Gasteiger partial charge in [-0.3, -0.25) is 0 Å². The molecule has 1 N–H and O–H groups in total. The first-order valence-electron chi connectivity index (χ1n) is 16.2. The highest BCUT2D eigenvalue weighted by atomic mass is 15.0. The van der Waals surface area contributed by atoms with Crippen LogP contribution in [0.25, 0.3) is 77.2 Å². The van der Waals surface area contributed by atoms with Crippen molar-refractivity contribution in [1.82, 2.24) is 4.57 Å². The molecule has 0 fully saturated rings. The minimum Gasteiger partial charge on any atom is -0.355 e. The molecular formula is C45H32N2. The first kappa shape index (κ1) is 27.2. The number of anilines is 2. The van der Waals surface area contributed by atoms with Crippen molar-refractivity contribution in [2.75, 3.05) is 5.32 Å². The Hall–Kier alpha value is -6.12. The lowest BCUT2D eigenvalue weighted by atomic mass is 9.95. The van der Waals surface area contributed by atoms with Gasteiger partial charge in [0.15, 0.2) is 0 Å². The number of fused-ring (bicyclic) bond motifs is 6. The predicted octanol–water partition coefficient (Wildman–Crippen LogP) is 12.6. The standard InChI is InChI=1S/C45H32N2/c1-3-29(4-2)39-27-30(31-22-26-44-40(28-31)35-17-10-11-20-43(35)47(44)32-13-6-5-7-14-32)21-24-42(39)46-41-25-23-37-34-16-9-8-15-33(34)36-18-12-19-38(41)45(36)37/h3-28,46H,1H2,2H3/b29-4+. The molecule has 8 aromatic rings. The Morgan fingerprint density at radius 1 is 0.553 bits per heavy atom. The van der Waals surface area contributed by atoms with Gasteiger partial charge < -0.3 is 9.88 Å². The quantitative estimate of drug-likeness (QED) is 0.188. The zero-order chi connectivity index (χ0) is 31.5. The van der Waals surface area contributed by atoms with Gasteiger partial charge in [-0.2, -0.15) is 0 Å². The molecule has 0 spiro atoms. The normalized spacial score (nSPS) is 12.1. The number of nitrogens with one attached hydrogen (secondary N) is 1. The van der Waals surface area contributed by atoms with Crippen LogP contribution in [0, 0.1) is 0 Å². The van der Waals surface area contributed by atoms with E-state index < -0.39 is 0 Å². The van der Waals surface area contributed by atoms with Crippen molar-refractivity contribution in [1.29, 1.82) is 0 Å². The molecular weight excluding hydrogens is 569 g/mol. The summed E-state index contributed by atoms with van der Waals surface area (Å²) in [6.45, 7) is 6.25. The van der Waals surface area contributed by atoms with Crippen LogP contribution < -0.4 is 5.32 Å². The van der Waals surface area contributed by atoms with E-state index in [1.807, 2.05) is 6.08 Å². The maximum atomic E-state index is 4.17. The van der Waals surface area contributed by atoms with Crippen LogP contribution in [0.2, 0.25) is 0 Å². The fourth-order valence-corrected chi connectivity index (χ4v) is 7.53. The maximum absolute atomic E-state index is 4.17. The van der Waals surface area contributed by atoms with Crippen LogP contribution in [0.5, 0.6) is 0 Å². The second-order valence-electron chi connectivity index (χ2n) is 12.2. The minimum absolute atomic E-state index is 1.06. The number of hydrogen-bond donors (Lipinski definition) is 1. The first-order valence-corrected chi connectivity index (χ1v) is 16.2. The number of rotatable bonds is 6. The van der Waals surface area contributed by atoms with Gasteiger partial charge in [0.1, 0.15) is 0 Å². The number of aromatic nitrogens is 1. The van der Waals surface area contributed by atoms with Crippen molar-refractivity contribution >= 4 is 49.5 Å². The molecule has 0 amide bonds. The Morgan fingerprint density at radius 3 is 2.00 bits per heavy atom. The number of hydrogen-bond acceptors (Lipinski definition) is 1. The summed E-state index contributed by atoms with van der Waals surface area (Å²) in [5.41, 5.74) is 15.5. The molecule has 2 heteroatoms. The summed E-state index contributed by atoms with van der Waals surface area (Å²) in [7, 11) is 0. The predicted molar refractivity (Wildman–Crippen MR) is 202 cm³/mol. The Bertz CT molecular complexity index is 2540. The maximum Gasteiger partial charge on any atom is 0.0541 e. The summed E-state index contributed by atoms with van der Waals surface area (Å²) >= 11 is 0. The molecule has 9 rings (SSSR count). The van der Waals surface area contributed by atoms with Crippen molar-refractivity contribution < 1.29 is 0 Å². The van der Waals surface area contributed by atoms with Crippen LogP contribution in [0.15, 0.2) is 164 Å². The second-order valence-corrected chi connectivity index (χ2v) is 12.2. The van der Waals surface area contributed by atoms with Gasteiger partial charge in [0.25, 0.3) is 0 Å². The molecule has 1 aromatic heterocycles. The lowest BCUT2D eigenvalue weighted by molar-refractivity contribution is 1.18. The highest BCUT2D eigenvalue weighted by molar-refractivity contribution is 6.18. The average molecular weight is 601 g/mol. The minimum atomic E-state index is 1.06. The van der Waals surface area contributed by atoms with E-state index in [9.17, 15) is 0 Å². The van der Waals surface area contributed by atoms with Crippen LogP contribution in [0.3, 0.4) is 0 Å². The van der Waals surface area contributed by atoms with Crippen LogP contribution in [0.4, 0.5) is 11.4 Å². The smallest absolute Gasteiger partial charge is 0.0541 e. The van der Waals surface area contributed by atoms with E-state index in [-0.39, 0.29) is 0 Å². The van der Waals surface area contributed by atoms with Gasteiger partial charge in [-0.15, -0.1) is 0 Å². The monoisotopic (exact) mass is 600 g/mol. The second kappa shape index (κ2) is 10.8. The Labute approximate surface area is 274 Å². The van der Waals surface area contributed by atoms with Crippen molar-refractivity contribution in [2.24, 2.45) is 0 Å². The molecule has 0 atom stereocenters. The van der Waals surface area contributed by atoms with Crippen molar-refractivity contribution in [3.63, 3.8) is 0 Å². The largest absolute Gasteiger partial charge is 0.355 e. The Balaban J connectivity index is 1.17. The van der Waals surface area contributed by atoms with Crippen molar-refractivity contribution in [3.8, 4) is 39.1 Å². The number of nitrogens with zero attached hydrogens (tertiary/aromatic N) is 1. The van der Waals surface area contributed by atoms with Gasteiger partial charge in [0, 0.05) is 38.8 Å². The topological polar surface area (TPSA) is 17.0 Å². The third-order valence-electron chi connectivity index (χ3n) is 9.70. The Kier molecular flexibility index (Phi) is 6.22. The molecule has 1 aliphatic carbocycles. The fraction of sp³-hybridized carbons (Fsp3) is 0.0222. The van der Waals surface area contributed by atoms with E-state index in [1.165, 1.54) is 71.6 Å². The van der Waals surface area contributed by atoms with Crippen molar-refractivity contribution in [3.05, 3.63) is 170 Å². The zero-order valence-corrected chi connectivity index (χ0v) is 26.2. The summed E-state index contributed by atoms with van der Waals surface area (Å²) in [6.07, 6.45) is 4.09. The molecule has 2 nitrogen and oxygen atoms in total. The molecule has 7 aromatic carbocycles. The molecule has 1 aliphatic rings. The van der Waals surface area contributed by atoms with E-state index in [0.717, 1.165) is 22.5 Å². The number of allylic oxidation sites excluding steroid dienone is 3. The summed E-state index contributed by atoms with van der Waals surface area (Å²) < 4.78 is 2.36. The van der Waals surface area contributed by atoms with E-state index in [1.54, 1.807) is 0 Å². The summed E-state index contributed by atoms with van der Waals surface area (Å²) in [5.74, 6) is 0. The van der Waals surface area contributed by atoms with E-state index >= 15 is 0 Å². The summed E-state index contributed by atoms with van der Waals surface area (Å²) in [6, 6.07) is 52.7. The molecule has 0 saturated carbocycles. The molecule has 47 heavy (non-hydrogen) atoms. The first-order chi connectivity index (χ1) is 23.2. The van der Waals surface area contributed by atoms with Gasteiger partial charge in [0.05, 0.1) is 11.0 Å². The summed E-state index contributed by atoms with van der Waals surface area (Å²) in [4.78, 5) is 0. The molecule has 0 unspecified atom stereocenters. The van der Waals surface area contributed by atoms with Crippen molar-refractivity contribution in [2.45, 2.75) is 6.92 Å². The number of benzene rings is 7. The van der Waals surface area contributed by atoms with E-state index in [4.69, 9.17) is 0 Å². The van der Waals surface area contributed by atoms with E-state index in [2.05, 4.69) is 175 Å². The van der Waals surface area contributed by atoms with Gasteiger partial charge >= 0.3 is 0 Å². The van der Waals surface area contributed by atoms with Crippen LogP contribution in [0.1, 0.15) is 12.5 Å². The van der Waals surface area contributed by atoms with Gasteiger partial charge in [0.2, 0.25) is 0 Å². The Morgan fingerprint density at radius 2 is 1.19 bits per heavy atom. The molecule has 0 bridgehead atoms. The highest BCUT2D eigenvalue weighted by Crippen LogP contribution is 2.49. The van der Waals surface area contributed by atoms with Crippen LogP contribution in [-0.2, 0) is 0 Å². The third kappa shape index (κ3) is 4.19. The molecule has 0 radical (unpaired) electrons. The molecule has 1 heterocycles. The summed E-state index contributed by atoms with van der Waals surface area (Å²) in [5, 5.41) is 8.88. The van der Waals surface area contributed by atoms with Gasteiger partial charge in [-0.05, 0) is 99.8 Å². The van der Waals surface area contributed by atoms with E-state index in [0.29, 0.717) is 0 Å². The lowest BCUT2D eigenvalue weighted by Crippen LogP contribution is -1.97. The molecule has 0 aliphatic heterocycles. The SMILES string of the molecule is C=C/C(=C\C)c1cc(-c2ccc3c(c2)c2ccccc2n3-c2ccccc2)ccc1Nc1ccc2c3c(cccc13)-c1ccccc1-2. The zero-order valence-electron chi connectivity index (χ0n) is 26.2. The number of para-hydroxylation sites is 2. The average Bonchev–Trinajstić information content (AvgIpc) is 3.64. The third-order valence-corrected chi connectivity index (χ3v) is 9.70. The molecule has 222 valence electrons. The van der Waals surface area contributed by atoms with Gasteiger partial charge in [-0.1, -0.05) is 116 Å². The van der Waals surface area contributed by atoms with Crippen LogP contribution in [-0.4, -0.2) is 4.57 Å². The molecule has 0 saturated heterocycles.